The minimum Gasteiger partial charge on any atom is -0.391 e. The van der Waals surface area contributed by atoms with Crippen LogP contribution < -0.4 is 0 Å². The van der Waals surface area contributed by atoms with E-state index in [1.54, 1.807) is 23.4 Å². The molecule has 8 heteroatoms. The Morgan fingerprint density at radius 2 is 1.93 bits per heavy atom. The minimum atomic E-state index is -0.453. The molecule has 0 bridgehead atoms. The van der Waals surface area contributed by atoms with Crippen molar-refractivity contribution in [2.75, 3.05) is 13.1 Å². The number of rotatable bonds is 3. The van der Waals surface area contributed by atoms with E-state index in [4.69, 9.17) is 0 Å². The van der Waals surface area contributed by atoms with E-state index < -0.39 is 6.10 Å². The molecule has 0 radical (unpaired) electrons. The van der Waals surface area contributed by atoms with E-state index in [0.29, 0.717) is 30.4 Å². The van der Waals surface area contributed by atoms with E-state index in [1.807, 2.05) is 29.2 Å². The molecule has 0 spiro atoms. The maximum Gasteiger partial charge on any atom is 0.253 e. The van der Waals surface area contributed by atoms with Gasteiger partial charge in [-0.05, 0) is 36.8 Å². The second-order valence-electron chi connectivity index (χ2n) is 7.73. The highest BCUT2D eigenvalue weighted by Gasteiger charge is 2.43. The molecule has 1 saturated carbocycles. The first-order valence-corrected chi connectivity index (χ1v) is 9.60. The summed E-state index contributed by atoms with van der Waals surface area (Å²) in [6.45, 7) is 1.42. The first kappa shape index (κ1) is 17.1. The number of aromatic nitrogens is 5. The fraction of sp³-hybridized carbons (Fsp3) is 0.400. The predicted molar refractivity (Wildman–Crippen MR) is 101 cm³/mol. The van der Waals surface area contributed by atoms with Gasteiger partial charge in [0.2, 0.25) is 0 Å². The molecule has 1 aromatic carbocycles. The summed E-state index contributed by atoms with van der Waals surface area (Å²) >= 11 is 0. The summed E-state index contributed by atoms with van der Waals surface area (Å²) in [6, 6.07) is 7.48. The number of carbonyl (C=O) groups excluding carboxylic acids is 1. The Bertz CT molecular complexity index is 938. The van der Waals surface area contributed by atoms with Crippen LogP contribution in [0, 0.1) is 11.8 Å². The van der Waals surface area contributed by atoms with E-state index in [-0.39, 0.29) is 11.9 Å². The third-order valence-electron chi connectivity index (χ3n) is 6.08. The van der Waals surface area contributed by atoms with Crippen molar-refractivity contribution >= 4 is 5.91 Å². The Kier molecular flexibility index (Phi) is 4.20. The number of H-pyrrole nitrogens is 1. The van der Waals surface area contributed by atoms with Crippen LogP contribution in [0.25, 0.3) is 11.4 Å². The summed E-state index contributed by atoms with van der Waals surface area (Å²) in [6.07, 6.45) is 7.70. The van der Waals surface area contributed by atoms with Crippen molar-refractivity contribution in [3.63, 3.8) is 0 Å². The smallest absolute Gasteiger partial charge is 0.253 e. The molecule has 2 aliphatic rings. The number of hydrogen-bond donors (Lipinski definition) is 2. The molecule has 2 N–H and O–H groups in total. The van der Waals surface area contributed by atoms with Crippen LogP contribution in [-0.2, 0) is 0 Å². The molecule has 0 unspecified atom stereocenters. The molecule has 4 atom stereocenters. The van der Waals surface area contributed by atoms with Gasteiger partial charge in [-0.15, -0.1) is 0 Å². The second-order valence-corrected chi connectivity index (χ2v) is 7.73. The van der Waals surface area contributed by atoms with Gasteiger partial charge in [-0.3, -0.25) is 4.79 Å². The third kappa shape index (κ3) is 2.99. The SMILES string of the molecule is O=C(c1ccc(-c2ncc[nH]2)cc1)N1C[C@H]2C[C@@H](n3cncn3)[C@H](O)C[C@H]2C1. The normalized spacial score (nSPS) is 27.0. The Morgan fingerprint density at radius 1 is 1.14 bits per heavy atom. The Balaban J connectivity index is 1.28. The predicted octanol–water partition coefficient (Wildman–Crippen LogP) is 1.75. The molecule has 3 heterocycles. The molecule has 1 aliphatic heterocycles. The van der Waals surface area contributed by atoms with Gasteiger partial charge < -0.3 is 15.0 Å². The Morgan fingerprint density at radius 3 is 2.61 bits per heavy atom. The molecular formula is C20H22N6O2. The maximum atomic E-state index is 13.0. The third-order valence-corrected chi connectivity index (χ3v) is 6.08. The van der Waals surface area contributed by atoms with Crippen molar-refractivity contribution in [2.24, 2.45) is 11.8 Å². The van der Waals surface area contributed by atoms with Gasteiger partial charge in [-0.2, -0.15) is 5.10 Å². The van der Waals surface area contributed by atoms with Crippen molar-refractivity contribution < 1.29 is 9.90 Å². The molecule has 3 aromatic rings. The van der Waals surface area contributed by atoms with Gasteiger partial charge in [-0.1, -0.05) is 12.1 Å². The van der Waals surface area contributed by atoms with Crippen LogP contribution >= 0.6 is 0 Å². The zero-order valence-corrected chi connectivity index (χ0v) is 15.3. The summed E-state index contributed by atoms with van der Waals surface area (Å²) in [5, 5.41) is 14.7. The molecule has 28 heavy (non-hydrogen) atoms. The van der Waals surface area contributed by atoms with Gasteiger partial charge in [-0.25, -0.2) is 14.6 Å². The molecule has 1 aliphatic carbocycles. The van der Waals surface area contributed by atoms with Gasteiger partial charge in [0.15, 0.2) is 0 Å². The first-order valence-electron chi connectivity index (χ1n) is 9.60. The lowest BCUT2D eigenvalue weighted by atomic mass is 9.77. The standard InChI is InChI=1S/C20H22N6O2/c27-18-8-16-10-25(9-15(16)7-17(18)26-12-21-11-24-26)20(28)14-3-1-13(2-4-14)19-22-5-6-23-19/h1-6,11-12,15-18,27H,7-10H2,(H,22,23)/t15-,16+,17-,18-/m1/s1. The number of fused-ring (bicyclic) bond motifs is 1. The maximum absolute atomic E-state index is 13.0. The highest BCUT2D eigenvalue weighted by atomic mass is 16.3. The summed E-state index contributed by atoms with van der Waals surface area (Å²) in [7, 11) is 0. The van der Waals surface area contributed by atoms with Gasteiger partial charge in [0, 0.05) is 36.6 Å². The Labute approximate surface area is 162 Å². The number of imidazole rings is 1. The topological polar surface area (TPSA) is 99.9 Å². The van der Waals surface area contributed by atoms with E-state index in [0.717, 1.165) is 24.4 Å². The highest BCUT2D eigenvalue weighted by molar-refractivity contribution is 5.94. The fourth-order valence-corrected chi connectivity index (χ4v) is 4.62. The molecule has 2 aromatic heterocycles. The molecule has 5 rings (SSSR count). The number of aromatic amines is 1. The van der Waals surface area contributed by atoms with Crippen molar-refractivity contribution in [1.29, 1.82) is 0 Å². The largest absolute Gasteiger partial charge is 0.391 e. The monoisotopic (exact) mass is 378 g/mol. The number of amides is 1. The van der Waals surface area contributed by atoms with Crippen LogP contribution in [0.4, 0.5) is 0 Å². The van der Waals surface area contributed by atoms with Crippen molar-refractivity contribution in [2.45, 2.75) is 25.0 Å². The zero-order chi connectivity index (χ0) is 19.1. The summed E-state index contributed by atoms with van der Waals surface area (Å²) in [4.78, 5) is 26.2. The van der Waals surface area contributed by atoms with Crippen LogP contribution in [0.3, 0.4) is 0 Å². The fourth-order valence-electron chi connectivity index (χ4n) is 4.62. The average Bonchev–Trinajstić information content (AvgIpc) is 3.47. The van der Waals surface area contributed by atoms with Crippen molar-refractivity contribution in [3.8, 4) is 11.4 Å². The number of nitrogens with zero attached hydrogens (tertiary/aromatic N) is 5. The van der Waals surface area contributed by atoms with E-state index in [2.05, 4.69) is 20.1 Å². The number of nitrogens with one attached hydrogen (secondary N) is 1. The number of benzene rings is 1. The quantitative estimate of drug-likeness (QED) is 0.723. The van der Waals surface area contributed by atoms with Gasteiger partial charge in [0.1, 0.15) is 18.5 Å². The lowest BCUT2D eigenvalue weighted by Gasteiger charge is -2.34. The van der Waals surface area contributed by atoms with Gasteiger partial charge >= 0.3 is 0 Å². The second kappa shape index (κ2) is 6.87. The summed E-state index contributed by atoms with van der Waals surface area (Å²) in [5.41, 5.74) is 1.64. The molecular weight excluding hydrogens is 356 g/mol. The lowest BCUT2D eigenvalue weighted by molar-refractivity contribution is 0.0304. The van der Waals surface area contributed by atoms with Crippen LogP contribution in [0.15, 0.2) is 49.3 Å². The van der Waals surface area contributed by atoms with Crippen molar-refractivity contribution in [3.05, 3.63) is 54.9 Å². The summed E-state index contributed by atoms with van der Waals surface area (Å²) < 4.78 is 1.75. The van der Waals surface area contributed by atoms with Gasteiger partial charge in [0.05, 0.1) is 12.1 Å². The number of aliphatic hydroxyl groups is 1. The van der Waals surface area contributed by atoms with Crippen molar-refractivity contribution in [1.82, 2.24) is 29.6 Å². The molecule has 1 amide bonds. The van der Waals surface area contributed by atoms with Crippen LogP contribution in [0.1, 0.15) is 29.2 Å². The summed E-state index contributed by atoms with van der Waals surface area (Å²) in [5.74, 6) is 1.55. The average molecular weight is 378 g/mol. The highest BCUT2D eigenvalue weighted by Crippen LogP contribution is 2.41. The van der Waals surface area contributed by atoms with E-state index in [9.17, 15) is 9.90 Å². The Hall–Kier alpha value is -3.00. The zero-order valence-electron chi connectivity index (χ0n) is 15.3. The van der Waals surface area contributed by atoms with E-state index >= 15 is 0 Å². The van der Waals surface area contributed by atoms with Gasteiger partial charge in [0.25, 0.3) is 5.91 Å². The van der Waals surface area contributed by atoms with E-state index in [1.165, 1.54) is 6.33 Å². The number of hydrogen-bond acceptors (Lipinski definition) is 5. The molecule has 144 valence electrons. The molecule has 8 nitrogen and oxygen atoms in total. The van der Waals surface area contributed by atoms with Crippen LogP contribution in [-0.4, -0.2) is 59.8 Å². The number of aliphatic hydroxyl groups excluding tert-OH is 1. The molecule has 1 saturated heterocycles. The minimum absolute atomic E-state index is 0.0483. The molecule has 2 fully saturated rings. The number of carbonyl (C=O) groups is 1. The first-order chi connectivity index (χ1) is 13.7. The lowest BCUT2D eigenvalue weighted by Crippen LogP contribution is -2.36. The van der Waals surface area contributed by atoms with Crippen LogP contribution in [0.2, 0.25) is 0 Å². The van der Waals surface area contributed by atoms with Crippen LogP contribution in [0.5, 0.6) is 0 Å². The number of likely N-dealkylation sites (tertiary alicyclic amines) is 1.